The molecule has 3 aromatic heterocycles. The van der Waals surface area contributed by atoms with Crippen LogP contribution in [0.4, 0.5) is 0 Å². The third-order valence-electron chi connectivity index (χ3n) is 3.49. The van der Waals surface area contributed by atoms with Crippen LogP contribution in [-0.2, 0) is 6.42 Å². The van der Waals surface area contributed by atoms with Gasteiger partial charge in [0.05, 0.1) is 18.1 Å². The maximum Gasteiger partial charge on any atom is 0.139 e. The van der Waals surface area contributed by atoms with E-state index in [4.69, 9.17) is 0 Å². The first-order valence-corrected chi connectivity index (χ1v) is 6.77. The van der Waals surface area contributed by atoms with Gasteiger partial charge in [-0.3, -0.25) is 0 Å². The van der Waals surface area contributed by atoms with E-state index in [0.717, 1.165) is 17.8 Å². The Labute approximate surface area is 121 Å². The fourth-order valence-corrected chi connectivity index (χ4v) is 2.45. The minimum Gasteiger partial charge on any atom is -0.304 e. The van der Waals surface area contributed by atoms with Crippen LogP contribution in [0.3, 0.4) is 0 Å². The van der Waals surface area contributed by atoms with Crippen molar-refractivity contribution in [3.8, 4) is 5.69 Å². The average Bonchev–Trinajstić information content (AvgIpc) is 3.18. The molecule has 1 aromatic carbocycles. The Kier molecular flexibility index (Phi) is 2.74. The van der Waals surface area contributed by atoms with Gasteiger partial charge in [0.1, 0.15) is 5.65 Å². The molecule has 0 unspecified atom stereocenters. The summed E-state index contributed by atoms with van der Waals surface area (Å²) in [5.41, 5.74) is 4.31. The van der Waals surface area contributed by atoms with Crippen LogP contribution < -0.4 is 0 Å². The topological polar surface area (TPSA) is 48.0 Å². The van der Waals surface area contributed by atoms with E-state index in [1.807, 2.05) is 36.8 Å². The van der Waals surface area contributed by atoms with E-state index < -0.39 is 0 Å². The van der Waals surface area contributed by atoms with Crippen LogP contribution >= 0.6 is 0 Å². The summed E-state index contributed by atoms with van der Waals surface area (Å²) in [5, 5.41) is 7.82. The molecule has 0 atom stereocenters. The molecule has 21 heavy (non-hydrogen) atoms. The van der Waals surface area contributed by atoms with Crippen LogP contribution in [0.15, 0.2) is 67.3 Å². The molecule has 4 aromatic rings. The SMILES string of the molecule is c1ccc(Cc2cnc3cc(-n4ccnn4)ccn23)cc1. The van der Waals surface area contributed by atoms with Crippen molar-refractivity contribution >= 4 is 5.65 Å². The summed E-state index contributed by atoms with van der Waals surface area (Å²) in [6.07, 6.45) is 8.30. The third-order valence-corrected chi connectivity index (χ3v) is 3.49. The Morgan fingerprint density at radius 3 is 2.71 bits per heavy atom. The fourth-order valence-electron chi connectivity index (χ4n) is 2.45. The normalized spacial score (nSPS) is 11.0. The highest BCUT2D eigenvalue weighted by molar-refractivity contribution is 5.49. The van der Waals surface area contributed by atoms with Gasteiger partial charge < -0.3 is 4.40 Å². The Morgan fingerprint density at radius 1 is 1.00 bits per heavy atom. The first-order valence-electron chi connectivity index (χ1n) is 6.77. The Balaban J connectivity index is 1.72. The van der Waals surface area contributed by atoms with Crippen molar-refractivity contribution in [1.29, 1.82) is 0 Å². The number of fused-ring (bicyclic) bond motifs is 1. The number of rotatable bonds is 3. The molecule has 0 aliphatic heterocycles. The van der Waals surface area contributed by atoms with Gasteiger partial charge in [-0.2, -0.15) is 0 Å². The maximum absolute atomic E-state index is 4.49. The smallest absolute Gasteiger partial charge is 0.139 e. The lowest BCUT2D eigenvalue weighted by Crippen LogP contribution is -1.98. The monoisotopic (exact) mass is 275 g/mol. The van der Waals surface area contributed by atoms with Gasteiger partial charge in [0.2, 0.25) is 0 Å². The first kappa shape index (κ1) is 11.8. The second kappa shape index (κ2) is 4.86. The number of imidazole rings is 1. The van der Waals surface area contributed by atoms with E-state index in [1.54, 1.807) is 10.9 Å². The highest BCUT2D eigenvalue weighted by Gasteiger charge is 2.06. The standard InChI is InChI=1S/C16H13N5/c1-2-4-13(5-3-1)10-15-12-17-16-11-14(6-8-20(15)16)21-9-7-18-19-21/h1-9,11-12H,10H2. The van der Waals surface area contributed by atoms with E-state index in [-0.39, 0.29) is 0 Å². The van der Waals surface area contributed by atoms with Gasteiger partial charge >= 0.3 is 0 Å². The van der Waals surface area contributed by atoms with Gasteiger partial charge in [-0.25, -0.2) is 9.67 Å². The van der Waals surface area contributed by atoms with Crippen LogP contribution in [0.5, 0.6) is 0 Å². The number of benzene rings is 1. The second-order valence-electron chi connectivity index (χ2n) is 4.87. The molecule has 0 N–H and O–H groups in total. The van der Waals surface area contributed by atoms with Crippen LogP contribution in [0, 0.1) is 0 Å². The summed E-state index contributed by atoms with van der Waals surface area (Å²) in [5.74, 6) is 0. The van der Waals surface area contributed by atoms with Crippen molar-refractivity contribution in [1.82, 2.24) is 24.4 Å². The Hall–Kier alpha value is -2.95. The van der Waals surface area contributed by atoms with Gasteiger partial charge in [-0.15, -0.1) is 5.10 Å². The molecule has 0 bridgehead atoms. The number of nitrogens with zero attached hydrogens (tertiary/aromatic N) is 5. The van der Waals surface area contributed by atoms with Crippen LogP contribution in [0.1, 0.15) is 11.3 Å². The van der Waals surface area contributed by atoms with E-state index in [2.05, 4.69) is 44.0 Å². The quantitative estimate of drug-likeness (QED) is 0.577. The second-order valence-corrected chi connectivity index (χ2v) is 4.87. The Morgan fingerprint density at radius 2 is 1.90 bits per heavy atom. The molecule has 0 aliphatic carbocycles. The lowest BCUT2D eigenvalue weighted by Gasteiger charge is -2.04. The van der Waals surface area contributed by atoms with Crippen molar-refractivity contribution < 1.29 is 0 Å². The molecule has 5 heteroatoms. The predicted molar refractivity (Wildman–Crippen MR) is 79.4 cm³/mol. The molecule has 0 spiro atoms. The minimum absolute atomic E-state index is 0.866. The van der Waals surface area contributed by atoms with Gasteiger partial charge in [-0.1, -0.05) is 35.5 Å². The lowest BCUT2D eigenvalue weighted by molar-refractivity contribution is 0.801. The minimum atomic E-state index is 0.866. The molecular weight excluding hydrogens is 262 g/mol. The summed E-state index contributed by atoms with van der Waals surface area (Å²) >= 11 is 0. The largest absolute Gasteiger partial charge is 0.304 e. The molecule has 4 rings (SSSR count). The van der Waals surface area contributed by atoms with Crippen molar-refractivity contribution in [3.05, 3.63) is 78.5 Å². The molecule has 0 fully saturated rings. The van der Waals surface area contributed by atoms with Crippen LogP contribution in [0.2, 0.25) is 0 Å². The van der Waals surface area contributed by atoms with Crippen molar-refractivity contribution in [3.63, 3.8) is 0 Å². The molecular formula is C16H13N5. The molecule has 102 valence electrons. The molecule has 3 heterocycles. The lowest BCUT2D eigenvalue weighted by atomic mass is 10.1. The average molecular weight is 275 g/mol. The molecule has 0 radical (unpaired) electrons. The maximum atomic E-state index is 4.49. The van der Waals surface area contributed by atoms with E-state index >= 15 is 0 Å². The summed E-state index contributed by atoms with van der Waals surface area (Å²) in [7, 11) is 0. The number of pyridine rings is 1. The van der Waals surface area contributed by atoms with Gasteiger partial charge in [0.15, 0.2) is 0 Å². The molecule has 5 nitrogen and oxygen atoms in total. The van der Waals surface area contributed by atoms with Gasteiger partial charge in [-0.05, 0) is 11.6 Å². The molecule has 0 aliphatic rings. The summed E-state index contributed by atoms with van der Waals surface area (Å²) in [4.78, 5) is 4.49. The van der Waals surface area contributed by atoms with Crippen molar-refractivity contribution in [2.24, 2.45) is 0 Å². The summed E-state index contributed by atoms with van der Waals surface area (Å²) < 4.78 is 3.83. The zero-order valence-electron chi connectivity index (χ0n) is 11.3. The first-order chi connectivity index (χ1) is 10.4. The van der Waals surface area contributed by atoms with Crippen LogP contribution in [-0.4, -0.2) is 24.4 Å². The number of hydrogen-bond acceptors (Lipinski definition) is 3. The van der Waals surface area contributed by atoms with Crippen molar-refractivity contribution in [2.45, 2.75) is 6.42 Å². The van der Waals surface area contributed by atoms with E-state index in [1.165, 1.54) is 11.3 Å². The molecule has 0 saturated carbocycles. The van der Waals surface area contributed by atoms with Crippen molar-refractivity contribution in [2.75, 3.05) is 0 Å². The highest BCUT2D eigenvalue weighted by Crippen LogP contribution is 2.15. The van der Waals surface area contributed by atoms with Gasteiger partial charge in [0, 0.05) is 30.6 Å². The van der Waals surface area contributed by atoms with E-state index in [0.29, 0.717) is 0 Å². The fraction of sp³-hybridized carbons (Fsp3) is 0.0625. The predicted octanol–water partition coefficient (Wildman–Crippen LogP) is 2.51. The highest BCUT2D eigenvalue weighted by atomic mass is 15.4. The van der Waals surface area contributed by atoms with E-state index in [9.17, 15) is 0 Å². The number of hydrogen-bond donors (Lipinski definition) is 0. The Bertz CT molecular complexity index is 862. The molecule has 0 saturated heterocycles. The zero-order chi connectivity index (χ0) is 14.1. The number of aromatic nitrogens is 5. The third kappa shape index (κ3) is 2.18. The van der Waals surface area contributed by atoms with Gasteiger partial charge in [0.25, 0.3) is 0 Å². The van der Waals surface area contributed by atoms with Crippen LogP contribution in [0.25, 0.3) is 11.3 Å². The zero-order valence-corrected chi connectivity index (χ0v) is 11.3. The summed E-state index contributed by atoms with van der Waals surface area (Å²) in [6, 6.07) is 14.4. The molecule has 0 amide bonds. The summed E-state index contributed by atoms with van der Waals surface area (Å²) in [6.45, 7) is 0.